The molecule has 37 heavy (non-hydrogen) atoms. The number of fused-ring (bicyclic) bond motifs is 1. The second-order valence-electron chi connectivity index (χ2n) is 9.55. The lowest BCUT2D eigenvalue weighted by atomic mass is 9.95. The maximum absolute atomic E-state index is 13.1. The van der Waals surface area contributed by atoms with E-state index >= 15 is 0 Å². The SMILES string of the molecule is O=C1N[C@@H](CCc2cccc(OCC(F)(F)F)c2)Cc2nn(CCC3CC3)c(CNS(=O)(=O)CCO)c21. The first-order chi connectivity index (χ1) is 17.5. The van der Waals surface area contributed by atoms with Crippen LogP contribution in [0.2, 0.25) is 0 Å². The number of benzene rings is 1. The number of halogens is 3. The van der Waals surface area contributed by atoms with Gasteiger partial charge in [0.15, 0.2) is 6.61 Å². The minimum Gasteiger partial charge on any atom is -0.484 e. The Bertz CT molecular complexity index is 1210. The van der Waals surface area contributed by atoms with Gasteiger partial charge in [0.05, 0.1) is 35.9 Å². The van der Waals surface area contributed by atoms with Crippen LogP contribution in [0.25, 0.3) is 0 Å². The van der Waals surface area contributed by atoms with Gasteiger partial charge in [0, 0.05) is 19.0 Å². The van der Waals surface area contributed by atoms with Crippen molar-refractivity contribution in [3.63, 3.8) is 0 Å². The topological polar surface area (TPSA) is 123 Å². The molecule has 2 aliphatic rings. The van der Waals surface area contributed by atoms with Gasteiger partial charge < -0.3 is 15.2 Å². The molecule has 204 valence electrons. The van der Waals surface area contributed by atoms with Crippen molar-refractivity contribution in [2.24, 2.45) is 5.92 Å². The third-order valence-corrected chi connectivity index (χ3v) is 7.78. The summed E-state index contributed by atoms with van der Waals surface area (Å²) < 4.78 is 70.5. The summed E-state index contributed by atoms with van der Waals surface area (Å²) in [5, 5.41) is 16.6. The maximum Gasteiger partial charge on any atom is 0.422 e. The fourth-order valence-corrected chi connectivity index (χ4v) is 5.16. The van der Waals surface area contributed by atoms with Crippen LogP contribution in [-0.2, 0) is 36.0 Å². The lowest BCUT2D eigenvalue weighted by Gasteiger charge is -2.23. The van der Waals surface area contributed by atoms with E-state index < -0.39 is 35.2 Å². The van der Waals surface area contributed by atoms with Gasteiger partial charge in [-0.2, -0.15) is 18.3 Å². The Morgan fingerprint density at radius 2 is 2.03 bits per heavy atom. The number of amides is 1. The molecule has 0 saturated heterocycles. The second kappa shape index (κ2) is 11.4. The number of aliphatic hydroxyl groups excluding tert-OH is 1. The lowest BCUT2D eigenvalue weighted by molar-refractivity contribution is -0.153. The van der Waals surface area contributed by atoms with E-state index in [4.69, 9.17) is 9.84 Å². The third kappa shape index (κ3) is 7.92. The maximum atomic E-state index is 13.1. The summed E-state index contributed by atoms with van der Waals surface area (Å²) in [5.41, 5.74) is 2.26. The number of nitrogens with zero attached hydrogens (tertiary/aromatic N) is 2. The van der Waals surface area contributed by atoms with E-state index in [-0.39, 0.29) is 24.2 Å². The number of nitrogens with one attached hydrogen (secondary N) is 2. The molecule has 4 rings (SSSR count). The third-order valence-electron chi connectivity index (χ3n) is 6.48. The minimum absolute atomic E-state index is 0.0991. The van der Waals surface area contributed by atoms with Gasteiger partial charge in [-0.3, -0.25) is 9.48 Å². The molecule has 1 fully saturated rings. The quantitative estimate of drug-likeness (QED) is 0.356. The standard InChI is InChI=1S/C24H31F3N4O5S/c25-24(26,27)15-36-19-3-1-2-17(12-19)6-7-18-13-20-22(23(33)29-18)21(14-28-37(34,35)11-10-32)31(30-20)9-8-16-4-5-16/h1-3,12,16,18,28,32H,4-11,13-15H2,(H,29,33)/t18-/m0/s1. The molecule has 0 spiro atoms. The molecule has 2 aromatic rings. The van der Waals surface area contributed by atoms with Crippen LogP contribution >= 0.6 is 0 Å². The van der Waals surface area contributed by atoms with E-state index in [1.165, 1.54) is 6.07 Å². The molecule has 9 nitrogen and oxygen atoms in total. The lowest BCUT2D eigenvalue weighted by Crippen LogP contribution is -2.42. The zero-order chi connectivity index (χ0) is 26.6. The van der Waals surface area contributed by atoms with Crippen molar-refractivity contribution in [2.45, 2.75) is 63.8 Å². The van der Waals surface area contributed by atoms with Crippen LogP contribution in [0.15, 0.2) is 24.3 Å². The molecule has 13 heteroatoms. The molecule has 1 aromatic carbocycles. The van der Waals surface area contributed by atoms with E-state index in [9.17, 15) is 26.4 Å². The molecule has 1 atom stereocenters. The van der Waals surface area contributed by atoms with Gasteiger partial charge in [0.2, 0.25) is 10.0 Å². The number of aromatic nitrogens is 2. The van der Waals surface area contributed by atoms with Gasteiger partial charge in [-0.1, -0.05) is 25.0 Å². The Hall–Kier alpha value is -2.64. The first-order valence-corrected chi connectivity index (χ1v) is 13.9. The summed E-state index contributed by atoms with van der Waals surface area (Å²) in [6, 6.07) is 6.22. The summed E-state index contributed by atoms with van der Waals surface area (Å²) in [6.45, 7) is -1.39. The van der Waals surface area contributed by atoms with E-state index in [0.29, 0.717) is 48.7 Å². The predicted octanol–water partition coefficient (Wildman–Crippen LogP) is 2.32. The average Bonchev–Trinajstić information content (AvgIpc) is 3.58. The van der Waals surface area contributed by atoms with Crippen molar-refractivity contribution in [3.05, 3.63) is 46.8 Å². The number of carbonyl (C=O) groups excluding carboxylic acids is 1. The number of aliphatic hydroxyl groups is 1. The predicted molar refractivity (Wildman–Crippen MR) is 129 cm³/mol. The number of sulfonamides is 1. The van der Waals surface area contributed by atoms with Crippen molar-refractivity contribution < 1.29 is 36.2 Å². The van der Waals surface area contributed by atoms with Crippen molar-refractivity contribution in [2.75, 3.05) is 19.0 Å². The molecular formula is C24H31F3N4O5S. The first-order valence-electron chi connectivity index (χ1n) is 12.3. The van der Waals surface area contributed by atoms with Gasteiger partial charge in [-0.25, -0.2) is 13.1 Å². The van der Waals surface area contributed by atoms with Crippen molar-refractivity contribution in [1.82, 2.24) is 19.8 Å². The first kappa shape index (κ1) is 27.4. The van der Waals surface area contributed by atoms with Crippen LogP contribution in [0, 0.1) is 5.92 Å². The van der Waals surface area contributed by atoms with E-state index in [1.54, 1.807) is 22.9 Å². The van der Waals surface area contributed by atoms with E-state index in [1.807, 2.05) is 0 Å². The van der Waals surface area contributed by atoms with Crippen LogP contribution in [0.4, 0.5) is 13.2 Å². The Morgan fingerprint density at radius 3 is 2.73 bits per heavy atom. The van der Waals surface area contributed by atoms with Crippen LogP contribution in [0.3, 0.4) is 0 Å². The minimum atomic E-state index is -4.42. The summed E-state index contributed by atoms with van der Waals surface area (Å²) in [7, 11) is -3.70. The van der Waals surface area contributed by atoms with Crippen LogP contribution in [-0.4, -0.2) is 60.4 Å². The Kier molecular flexibility index (Phi) is 8.44. The molecule has 2 heterocycles. The molecule has 0 bridgehead atoms. The highest BCUT2D eigenvalue weighted by Gasteiger charge is 2.32. The van der Waals surface area contributed by atoms with Crippen molar-refractivity contribution >= 4 is 15.9 Å². The fourth-order valence-electron chi connectivity index (χ4n) is 4.42. The van der Waals surface area contributed by atoms with Gasteiger partial charge in [-0.15, -0.1) is 0 Å². The van der Waals surface area contributed by atoms with Crippen molar-refractivity contribution in [1.29, 1.82) is 0 Å². The van der Waals surface area contributed by atoms with Gasteiger partial charge in [0.25, 0.3) is 5.91 Å². The molecule has 1 aliphatic heterocycles. The highest BCUT2D eigenvalue weighted by molar-refractivity contribution is 7.89. The smallest absolute Gasteiger partial charge is 0.422 e. The van der Waals surface area contributed by atoms with Gasteiger partial charge in [0.1, 0.15) is 5.75 Å². The largest absolute Gasteiger partial charge is 0.484 e. The number of ether oxygens (including phenoxy) is 1. The number of hydrogen-bond donors (Lipinski definition) is 3. The van der Waals surface area contributed by atoms with Gasteiger partial charge in [-0.05, 0) is 42.9 Å². The summed E-state index contributed by atoms with van der Waals surface area (Å²) >= 11 is 0. The number of hydrogen-bond acceptors (Lipinski definition) is 6. The Morgan fingerprint density at radius 1 is 1.24 bits per heavy atom. The summed E-state index contributed by atoms with van der Waals surface area (Å²) in [4.78, 5) is 13.1. The molecule has 1 saturated carbocycles. The normalized spacial score (nSPS) is 17.9. The van der Waals surface area contributed by atoms with Crippen LogP contribution < -0.4 is 14.8 Å². The molecule has 3 N–H and O–H groups in total. The molecule has 1 aromatic heterocycles. The van der Waals surface area contributed by atoms with Gasteiger partial charge >= 0.3 is 6.18 Å². The van der Waals surface area contributed by atoms with E-state index in [0.717, 1.165) is 24.8 Å². The second-order valence-corrected chi connectivity index (χ2v) is 11.5. The fraction of sp³-hybridized carbons (Fsp3) is 0.583. The average molecular weight is 545 g/mol. The molecule has 1 aliphatic carbocycles. The molecule has 0 radical (unpaired) electrons. The summed E-state index contributed by atoms with van der Waals surface area (Å²) in [5.74, 6) is -0.00472. The summed E-state index contributed by atoms with van der Waals surface area (Å²) in [6.07, 6.45) is 0.308. The zero-order valence-corrected chi connectivity index (χ0v) is 21.1. The van der Waals surface area contributed by atoms with Crippen LogP contribution in [0.5, 0.6) is 5.75 Å². The number of aryl methyl sites for hydroxylation is 2. The number of rotatable bonds is 13. The molecule has 0 unspecified atom stereocenters. The molecule has 1 amide bonds. The highest BCUT2D eigenvalue weighted by Crippen LogP contribution is 2.33. The molecular weight excluding hydrogens is 513 g/mol. The zero-order valence-electron chi connectivity index (χ0n) is 20.3. The van der Waals surface area contributed by atoms with Crippen molar-refractivity contribution in [3.8, 4) is 5.75 Å². The number of alkyl halides is 3. The monoisotopic (exact) mass is 544 g/mol. The Labute approximate surface area is 213 Å². The van der Waals surface area contributed by atoms with E-state index in [2.05, 4.69) is 15.1 Å². The highest BCUT2D eigenvalue weighted by atomic mass is 32.2. The number of carbonyl (C=O) groups is 1. The van der Waals surface area contributed by atoms with Crippen LogP contribution in [0.1, 0.15) is 53.0 Å². The Balaban J connectivity index is 1.43.